The topological polar surface area (TPSA) is 65.5 Å². The number of halogens is 3. The summed E-state index contributed by atoms with van der Waals surface area (Å²) >= 11 is 0. The number of amides is 2. The van der Waals surface area contributed by atoms with Crippen LogP contribution in [0, 0.1) is 23.4 Å². The molecule has 1 saturated carbocycles. The lowest BCUT2D eigenvalue weighted by Gasteiger charge is -2.34. The van der Waals surface area contributed by atoms with Gasteiger partial charge in [0.25, 0.3) is 11.8 Å². The Hall–Kier alpha value is -2.94. The quantitative estimate of drug-likeness (QED) is 0.811. The third-order valence-corrected chi connectivity index (χ3v) is 5.32. The van der Waals surface area contributed by atoms with E-state index >= 15 is 0 Å². The van der Waals surface area contributed by atoms with E-state index in [4.69, 9.17) is 0 Å². The molecule has 1 N–H and O–H groups in total. The third-order valence-electron chi connectivity index (χ3n) is 5.32. The molecule has 0 atom stereocenters. The highest BCUT2D eigenvalue weighted by atomic mass is 19.1. The number of nitrogens with one attached hydrogen (secondary N) is 1. The van der Waals surface area contributed by atoms with Crippen molar-refractivity contribution in [2.24, 2.45) is 5.92 Å². The van der Waals surface area contributed by atoms with Gasteiger partial charge in [-0.1, -0.05) is 6.07 Å². The van der Waals surface area contributed by atoms with E-state index in [0.29, 0.717) is 25.2 Å². The van der Waals surface area contributed by atoms with Gasteiger partial charge in [0.15, 0.2) is 0 Å². The summed E-state index contributed by atoms with van der Waals surface area (Å²) < 4.78 is 40.6. The molecule has 0 unspecified atom stereocenters. The summed E-state index contributed by atoms with van der Waals surface area (Å²) in [6.45, 7) is 3.88. The molecule has 1 aliphatic heterocycles. The van der Waals surface area contributed by atoms with Crippen molar-refractivity contribution < 1.29 is 22.8 Å². The fraction of sp³-hybridized carbons (Fsp3) is 0.381. The molecule has 1 aromatic heterocycles. The molecule has 0 bridgehead atoms. The van der Waals surface area contributed by atoms with Crippen molar-refractivity contribution in [1.29, 1.82) is 0 Å². The minimum Gasteiger partial charge on any atom is -0.335 e. The Bertz CT molecular complexity index is 949. The highest BCUT2D eigenvalue weighted by Gasteiger charge is 2.28. The monoisotopic (exact) mass is 418 g/mol. The van der Waals surface area contributed by atoms with Crippen LogP contribution < -0.4 is 5.32 Å². The Morgan fingerprint density at radius 2 is 1.70 bits per heavy atom. The fourth-order valence-corrected chi connectivity index (χ4v) is 3.52. The van der Waals surface area contributed by atoms with Crippen LogP contribution in [0.25, 0.3) is 0 Å². The van der Waals surface area contributed by atoms with Crippen molar-refractivity contribution in [2.45, 2.75) is 12.8 Å². The summed E-state index contributed by atoms with van der Waals surface area (Å²) in [4.78, 5) is 33.2. The molecule has 1 saturated heterocycles. The molecule has 2 heterocycles. The molecule has 2 fully saturated rings. The predicted molar refractivity (Wildman–Crippen MR) is 104 cm³/mol. The van der Waals surface area contributed by atoms with E-state index in [0.717, 1.165) is 25.6 Å². The summed E-state index contributed by atoms with van der Waals surface area (Å²) in [5.74, 6) is -4.37. The zero-order valence-corrected chi connectivity index (χ0v) is 16.2. The first-order chi connectivity index (χ1) is 14.4. The number of aromatic nitrogens is 1. The van der Waals surface area contributed by atoms with E-state index in [1.165, 1.54) is 31.0 Å². The molecular weight excluding hydrogens is 397 g/mol. The molecule has 0 spiro atoms. The van der Waals surface area contributed by atoms with Gasteiger partial charge >= 0.3 is 0 Å². The zero-order valence-electron chi connectivity index (χ0n) is 16.2. The summed E-state index contributed by atoms with van der Waals surface area (Å²) in [5, 5.41) is 2.26. The van der Waals surface area contributed by atoms with Crippen LogP contribution in [-0.2, 0) is 0 Å². The second kappa shape index (κ2) is 8.43. The second-order valence-corrected chi connectivity index (χ2v) is 7.64. The number of benzene rings is 1. The van der Waals surface area contributed by atoms with Crippen LogP contribution in [0.5, 0.6) is 0 Å². The van der Waals surface area contributed by atoms with Crippen molar-refractivity contribution in [1.82, 2.24) is 14.8 Å². The smallest absolute Gasteiger partial charge is 0.272 e. The van der Waals surface area contributed by atoms with E-state index < -0.39 is 28.9 Å². The molecule has 1 aromatic carbocycles. The Morgan fingerprint density at radius 1 is 1.03 bits per heavy atom. The SMILES string of the molecule is O=C(Nc1cccc(C(=O)N2CCN(CC3CC3)CC2)n1)c1c(F)cc(F)cc1F. The number of hydrogen-bond acceptors (Lipinski definition) is 4. The van der Waals surface area contributed by atoms with E-state index in [1.54, 1.807) is 4.90 Å². The Kier molecular flexibility index (Phi) is 5.72. The van der Waals surface area contributed by atoms with E-state index in [1.807, 2.05) is 0 Å². The van der Waals surface area contributed by atoms with Gasteiger partial charge < -0.3 is 10.2 Å². The van der Waals surface area contributed by atoms with Crippen molar-refractivity contribution in [3.8, 4) is 0 Å². The normalized spacial score (nSPS) is 17.1. The van der Waals surface area contributed by atoms with Crippen molar-refractivity contribution in [3.05, 3.63) is 59.0 Å². The fourth-order valence-electron chi connectivity index (χ4n) is 3.52. The number of rotatable bonds is 5. The number of pyridine rings is 1. The average Bonchev–Trinajstić information content (AvgIpc) is 3.51. The van der Waals surface area contributed by atoms with Gasteiger partial charge in [-0.3, -0.25) is 14.5 Å². The summed E-state index contributed by atoms with van der Waals surface area (Å²) in [5.41, 5.74) is -0.787. The van der Waals surface area contributed by atoms with Crippen LogP contribution in [0.15, 0.2) is 30.3 Å². The Labute approximate surface area is 171 Å². The number of hydrogen-bond donors (Lipinski definition) is 1. The van der Waals surface area contributed by atoms with Gasteiger partial charge in [-0.05, 0) is 30.9 Å². The molecule has 4 rings (SSSR count). The van der Waals surface area contributed by atoms with Gasteiger partial charge in [0.2, 0.25) is 0 Å². The van der Waals surface area contributed by atoms with Crippen LogP contribution in [0.1, 0.15) is 33.7 Å². The average molecular weight is 418 g/mol. The molecule has 2 aliphatic rings. The van der Waals surface area contributed by atoms with Crippen molar-refractivity contribution in [3.63, 3.8) is 0 Å². The molecule has 30 heavy (non-hydrogen) atoms. The summed E-state index contributed by atoms with van der Waals surface area (Å²) in [6.07, 6.45) is 2.57. The Balaban J connectivity index is 1.41. The Morgan fingerprint density at radius 3 is 2.33 bits per heavy atom. The van der Waals surface area contributed by atoms with Crippen LogP contribution in [0.3, 0.4) is 0 Å². The third kappa shape index (κ3) is 4.62. The number of carbonyl (C=O) groups is 2. The maximum absolute atomic E-state index is 13.8. The minimum absolute atomic E-state index is 0.0265. The molecule has 158 valence electrons. The van der Waals surface area contributed by atoms with Gasteiger partial charge in [0.1, 0.15) is 34.5 Å². The van der Waals surface area contributed by atoms with Gasteiger partial charge in [-0.15, -0.1) is 0 Å². The highest BCUT2D eigenvalue weighted by molar-refractivity contribution is 6.04. The van der Waals surface area contributed by atoms with E-state index in [2.05, 4.69) is 15.2 Å². The van der Waals surface area contributed by atoms with Crippen molar-refractivity contribution in [2.75, 3.05) is 38.0 Å². The van der Waals surface area contributed by atoms with E-state index in [9.17, 15) is 22.8 Å². The largest absolute Gasteiger partial charge is 0.335 e. The lowest BCUT2D eigenvalue weighted by Crippen LogP contribution is -2.49. The lowest BCUT2D eigenvalue weighted by molar-refractivity contribution is 0.0626. The molecule has 2 aromatic rings. The summed E-state index contributed by atoms with van der Waals surface area (Å²) in [6, 6.07) is 5.30. The number of nitrogens with zero attached hydrogens (tertiary/aromatic N) is 3. The number of piperazine rings is 1. The second-order valence-electron chi connectivity index (χ2n) is 7.64. The van der Waals surface area contributed by atoms with Crippen LogP contribution >= 0.6 is 0 Å². The molecular formula is C21H21F3N4O2. The molecule has 2 amide bonds. The first kappa shape index (κ1) is 20.3. The minimum atomic E-state index is -1.32. The van der Waals surface area contributed by atoms with Crippen LogP contribution in [0.4, 0.5) is 19.0 Å². The van der Waals surface area contributed by atoms with Gasteiger partial charge in [-0.25, -0.2) is 18.2 Å². The lowest BCUT2D eigenvalue weighted by atomic mass is 10.1. The van der Waals surface area contributed by atoms with Crippen molar-refractivity contribution >= 4 is 17.6 Å². The van der Waals surface area contributed by atoms with Crippen LogP contribution in [0.2, 0.25) is 0 Å². The summed E-state index contributed by atoms with van der Waals surface area (Å²) in [7, 11) is 0. The first-order valence-electron chi connectivity index (χ1n) is 9.85. The van der Waals surface area contributed by atoms with Gasteiger partial charge in [0, 0.05) is 44.9 Å². The predicted octanol–water partition coefficient (Wildman–Crippen LogP) is 2.92. The molecule has 1 aliphatic carbocycles. The molecule has 6 nitrogen and oxygen atoms in total. The maximum atomic E-state index is 13.8. The van der Waals surface area contributed by atoms with Gasteiger partial charge in [-0.2, -0.15) is 0 Å². The molecule has 9 heteroatoms. The first-order valence-corrected chi connectivity index (χ1v) is 9.85. The highest BCUT2D eigenvalue weighted by Crippen LogP contribution is 2.30. The number of carbonyl (C=O) groups excluding carboxylic acids is 2. The standard InChI is InChI=1S/C21H21F3N4O2/c22-14-10-15(23)19(16(24)11-14)20(29)26-18-3-1-2-17(25-18)21(30)28-8-6-27(7-9-28)12-13-4-5-13/h1-3,10-11,13H,4-9,12H2,(H,25,26,29). The maximum Gasteiger partial charge on any atom is 0.272 e. The van der Waals surface area contributed by atoms with Crippen LogP contribution in [-0.4, -0.2) is 59.3 Å². The number of anilines is 1. The van der Waals surface area contributed by atoms with E-state index in [-0.39, 0.29) is 17.4 Å². The van der Waals surface area contributed by atoms with Gasteiger partial charge in [0.05, 0.1) is 0 Å². The molecule has 0 radical (unpaired) electrons. The zero-order chi connectivity index (χ0) is 21.3.